The molecule has 0 aromatic carbocycles. The van der Waals surface area contributed by atoms with E-state index in [2.05, 4.69) is 18.1 Å². The molecule has 1 aromatic rings. The third-order valence-electron chi connectivity index (χ3n) is 3.75. The predicted octanol–water partition coefficient (Wildman–Crippen LogP) is -0.193. The fourth-order valence-corrected chi connectivity index (χ4v) is 7.08. The van der Waals surface area contributed by atoms with E-state index in [4.69, 9.17) is 14.7 Å². The Labute approximate surface area is 172 Å². The molecule has 0 aliphatic carbocycles. The standard InChI is InChI=1S/C11H19N2O13P3S/c1-2-6-4-13(11(16)12-10(6)15)9-3-7(14)8(30-9)5-24-28(20,21)26-29(22,23)25-27(17,18)19/h4,7-9,14H,2-3,5H2,1H3,(H,20,21)(H,22,23)(H,12,15,16)(H2,17,18,19)/t7-,8-,9-/m1/s1. The van der Waals surface area contributed by atoms with Crippen molar-refractivity contribution < 1.29 is 51.5 Å². The number of nitrogens with one attached hydrogen (secondary N) is 1. The van der Waals surface area contributed by atoms with E-state index < -0.39 is 58.1 Å². The zero-order valence-electron chi connectivity index (χ0n) is 15.1. The minimum atomic E-state index is -5.64. The topological polar surface area (TPSA) is 235 Å². The van der Waals surface area contributed by atoms with Crippen LogP contribution in [-0.2, 0) is 33.3 Å². The Hall–Kier alpha value is -0.600. The lowest BCUT2D eigenvalue weighted by atomic mass is 10.2. The first-order chi connectivity index (χ1) is 13.6. The summed E-state index contributed by atoms with van der Waals surface area (Å²) in [4.78, 5) is 61.4. The van der Waals surface area contributed by atoms with Crippen molar-refractivity contribution >= 4 is 35.2 Å². The van der Waals surface area contributed by atoms with Crippen molar-refractivity contribution in [2.75, 3.05) is 6.61 Å². The van der Waals surface area contributed by atoms with Crippen LogP contribution in [0.4, 0.5) is 0 Å². The number of aromatic amines is 1. The van der Waals surface area contributed by atoms with Crippen LogP contribution in [0.3, 0.4) is 0 Å². The van der Waals surface area contributed by atoms with Gasteiger partial charge in [-0.1, -0.05) is 6.92 Å². The second-order valence-corrected chi connectivity index (χ2v) is 11.8. The minimum absolute atomic E-state index is 0.0181. The molecule has 2 unspecified atom stereocenters. The summed E-state index contributed by atoms with van der Waals surface area (Å²) in [5.41, 5.74) is -0.914. The minimum Gasteiger partial charge on any atom is -0.392 e. The molecule has 1 saturated heterocycles. The summed E-state index contributed by atoms with van der Waals surface area (Å²) in [6.07, 6.45) is 0.585. The Morgan fingerprint density at radius 2 is 1.80 bits per heavy atom. The second kappa shape index (κ2) is 9.49. The summed E-state index contributed by atoms with van der Waals surface area (Å²) < 4.78 is 46.6. The van der Waals surface area contributed by atoms with Gasteiger partial charge in [0.2, 0.25) is 0 Å². The summed E-state index contributed by atoms with van der Waals surface area (Å²) in [5, 5.41) is 8.61. The quantitative estimate of drug-likeness (QED) is 0.235. The number of aliphatic hydroxyl groups is 1. The number of thioether (sulfide) groups is 1. The maximum atomic E-state index is 12.0. The van der Waals surface area contributed by atoms with Crippen LogP contribution in [0.1, 0.15) is 24.3 Å². The largest absolute Gasteiger partial charge is 0.490 e. The van der Waals surface area contributed by atoms with Gasteiger partial charge >= 0.3 is 29.2 Å². The summed E-state index contributed by atoms with van der Waals surface area (Å²) in [5.74, 6) is 0. The zero-order valence-corrected chi connectivity index (χ0v) is 18.6. The van der Waals surface area contributed by atoms with Crippen LogP contribution in [-0.4, -0.2) is 52.2 Å². The van der Waals surface area contributed by atoms with Gasteiger partial charge in [-0.05, 0) is 6.42 Å². The lowest BCUT2D eigenvalue weighted by Gasteiger charge is -2.19. The number of aliphatic hydroxyl groups excluding tert-OH is 1. The molecule has 0 spiro atoms. The Kier molecular flexibility index (Phi) is 8.12. The van der Waals surface area contributed by atoms with E-state index in [-0.39, 0.29) is 6.42 Å². The van der Waals surface area contributed by atoms with Gasteiger partial charge in [-0.3, -0.25) is 18.9 Å². The molecule has 2 rings (SSSR count). The molecule has 1 fully saturated rings. The van der Waals surface area contributed by atoms with Gasteiger partial charge in [-0.2, -0.15) is 8.62 Å². The molecule has 0 amide bonds. The summed E-state index contributed by atoms with van der Waals surface area (Å²) in [7, 11) is -16.5. The highest BCUT2D eigenvalue weighted by atomic mass is 32.2. The summed E-state index contributed by atoms with van der Waals surface area (Å²) in [6.45, 7) is 1.02. The third-order valence-corrected chi connectivity index (χ3v) is 9.09. The number of aromatic nitrogens is 2. The SMILES string of the molecule is CCc1cn([C@H]2C[C@@H](O)[C@@H](COP(=O)(O)OP(=O)(O)OP(=O)(O)O)S2)c(=O)[nH]c1=O. The van der Waals surface area contributed by atoms with E-state index in [0.29, 0.717) is 12.0 Å². The molecule has 5 atom stereocenters. The van der Waals surface area contributed by atoms with Gasteiger partial charge in [-0.25, -0.2) is 18.5 Å². The fourth-order valence-electron chi connectivity index (χ4n) is 2.50. The monoisotopic (exact) mass is 512 g/mol. The van der Waals surface area contributed by atoms with Crippen LogP contribution in [0, 0.1) is 0 Å². The number of phosphoric acid groups is 3. The van der Waals surface area contributed by atoms with Gasteiger partial charge in [-0.15, -0.1) is 11.8 Å². The van der Waals surface area contributed by atoms with Gasteiger partial charge in [0.15, 0.2) is 0 Å². The fraction of sp³-hybridized carbons (Fsp3) is 0.636. The molecule has 19 heteroatoms. The number of hydrogen-bond donors (Lipinski definition) is 6. The average molecular weight is 512 g/mol. The normalized spacial score (nSPS) is 26.3. The van der Waals surface area contributed by atoms with Crippen LogP contribution in [0.15, 0.2) is 15.8 Å². The van der Waals surface area contributed by atoms with E-state index in [9.17, 15) is 33.3 Å². The Morgan fingerprint density at radius 3 is 2.37 bits per heavy atom. The predicted molar refractivity (Wildman–Crippen MR) is 102 cm³/mol. The van der Waals surface area contributed by atoms with Crippen molar-refractivity contribution in [3.05, 3.63) is 32.6 Å². The average Bonchev–Trinajstić information content (AvgIpc) is 2.90. The third kappa shape index (κ3) is 7.23. The van der Waals surface area contributed by atoms with Gasteiger partial charge in [0, 0.05) is 18.2 Å². The molecule has 0 radical (unpaired) electrons. The van der Waals surface area contributed by atoms with Crippen molar-refractivity contribution in [3.8, 4) is 0 Å². The maximum Gasteiger partial charge on any atom is 0.490 e. The lowest BCUT2D eigenvalue weighted by molar-refractivity contribution is 0.125. The molecule has 172 valence electrons. The van der Waals surface area contributed by atoms with Crippen molar-refractivity contribution in [1.82, 2.24) is 9.55 Å². The summed E-state index contributed by atoms with van der Waals surface area (Å²) in [6, 6.07) is 0. The number of nitrogens with zero attached hydrogens (tertiary/aromatic N) is 1. The number of H-pyrrole nitrogens is 1. The number of rotatable bonds is 9. The van der Waals surface area contributed by atoms with Gasteiger partial charge in [0.25, 0.3) is 5.56 Å². The first-order valence-electron chi connectivity index (χ1n) is 8.08. The van der Waals surface area contributed by atoms with Crippen molar-refractivity contribution in [3.63, 3.8) is 0 Å². The van der Waals surface area contributed by atoms with Gasteiger partial charge in [0.05, 0.1) is 23.3 Å². The van der Waals surface area contributed by atoms with E-state index in [1.807, 2.05) is 0 Å². The smallest absolute Gasteiger partial charge is 0.392 e. The second-order valence-electron chi connectivity index (χ2n) is 5.99. The number of aryl methyl sites for hydroxylation is 1. The highest BCUT2D eigenvalue weighted by Gasteiger charge is 2.42. The lowest BCUT2D eigenvalue weighted by Crippen LogP contribution is -2.32. The van der Waals surface area contributed by atoms with Gasteiger partial charge in [0.1, 0.15) is 0 Å². The summed E-state index contributed by atoms with van der Waals surface area (Å²) >= 11 is 0.971. The van der Waals surface area contributed by atoms with Crippen LogP contribution in [0.2, 0.25) is 0 Å². The van der Waals surface area contributed by atoms with Crippen LogP contribution in [0.25, 0.3) is 0 Å². The molecule has 15 nitrogen and oxygen atoms in total. The molecule has 1 aliphatic heterocycles. The van der Waals surface area contributed by atoms with E-state index >= 15 is 0 Å². The highest BCUT2D eigenvalue weighted by Crippen LogP contribution is 2.66. The van der Waals surface area contributed by atoms with Crippen molar-refractivity contribution in [2.45, 2.75) is 36.5 Å². The van der Waals surface area contributed by atoms with E-state index in [1.54, 1.807) is 6.92 Å². The van der Waals surface area contributed by atoms with Crippen LogP contribution < -0.4 is 11.2 Å². The molecule has 1 aliphatic rings. The molecule has 1 aromatic heterocycles. The Balaban J connectivity index is 2.05. The van der Waals surface area contributed by atoms with Gasteiger partial charge < -0.3 is 24.7 Å². The van der Waals surface area contributed by atoms with Crippen molar-refractivity contribution in [2.24, 2.45) is 0 Å². The Bertz CT molecular complexity index is 1030. The maximum absolute atomic E-state index is 12.0. The number of phosphoric ester groups is 1. The molecule has 0 saturated carbocycles. The van der Waals surface area contributed by atoms with E-state index in [1.165, 1.54) is 10.8 Å². The van der Waals surface area contributed by atoms with E-state index in [0.717, 1.165) is 11.8 Å². The van der Waals surface area contributed by atoms with Crippen LogP contribution >= 0.6 is 35.2 Å². The first-order valence-corrected chi connectivity index (χ1v) is 13.5. The zero-order chi connectivity index (χ0) is 22.9. The first kappa shape index (κ1) is 25.7. The Morgan fingerprint density at radius 1 is 1.17 bits per heavy atom. The molecular weight excluding hydrogens is 493 g/mol. The van der Waals surface area contributed by atoms with Crippen LogP contribution in [0.5, 0.6) is 0 Å². The number of hydrogen-bond acceptors (Lipinski definition) is 10. The molecular formula is C11H19N2O13P3S. The highest BCUT2D eigenvalue weighted by molar-refractivity contribution is 8.00. The molecule has 30 heavy (non-hydrogen) atoms. The molecule has 0 bridgehead atoms. The molecule has 6 N–H and O–H groups in total. The van der Waals surface area contributed by atoms with Crippen molar-refractivity contribution in [1.29, 1.82) is 0 Å². The molecule has 2 heterocycles.